The summed E-state index contributed by atoms with van der Waals surface area (Å²) in [7, 11) is 0. The SMILES string of the molecule is CC1(C)CC(C)(C)CC(NCCN=[N+]=[N-])(C(=O)O)C1. The van der Waals surface area contributed by atoms with Crippen molar-refractivity contribution >= 4 is 5.97 Å². The maximum absolute atomic E-state index is 11.7. The molecule has 0 atom stereocenters. The normalized spacial score (nSPS) is 23.4. The first-order chi connectivity index (χ1) is 8.63. The molecule has 0 spiro atoms. The lowest BCUT2D eigenvalue weighted by Crippen LogP contribution is -2.60. The van der Waals surface area contributed by atoms with Gasteiger partial charge < -0.3 is 10.4 Å². The van der Waals surface area contributed by atoms with Gasteiger partial charge in [0.2, 0.25) is 0 Å². The fourth-order valence-electron chi connectivity index (χ4n) is 3.86. The van der Waals surface area contributed by atoms with Gasteiger partial charge in [0.15, 0.2) is 0 Å². The molecular formula is C13H24N4O2. The van der Waals surface area contributed by atoms with Gasteiger partial charge in [0.1, 0.15) is 5.54 Å². The summed E-state index contributed by atoms with van der Waals surface area (Å²) in [6.07, 6.45) is 2.19. The number of nitrogens with one attached hydrogen (secondary N) is 1. The molecule has 6 heteroatoms. The number of nitrogens with zero attached hydrogens (tertiary/aromatic N) is 3. The first-order valence-electron chi connectivity index (χ1n) is 6.62. The summed E-state index contributed by atoms with van der Waals surface area (Å²) in [4.78, 5) is 14.4. The molecule has 6 nitrogen and oxygen atoms in total. The van der Waals surface area contributed by atoms with E-state index in [4.69, 9.17) is 5.53 Å². The molecule has 0 aromatic heterocycles. The van der Waals surface area contributed by atoms with Crippen LogP contribution >= 0.6 is 0 Å². The van der Waals surface area contributed by atoms with Crippen molar-refractivity contribution in [3.8, 4) is 0 Å². The second-order valence-electron chi connectivity index (χ2n) is 7.13. The molecule has 0 aliphatic heterocycles. The lowest BCUT2D eigenvalue weighted by molar-refractivity contribution is -0.151. The Balaban J connectivity index is 2.91. The van der Waals surface area contributed by atoms with Crippen molar-refractivity contribution in [2.24, 2.45) is 15.9 Å². The van der Waals surface area contributed by atoms with E-state index >= 15 is 0 Å². The third kappa shape index (κ3) is 4.11. The van der Waals surface area contributed by atoms with Gasteiger partial charge in [-0.2, -0.15) is 0 Å². The van der Waals surface area contributed by atoms with Crippen molar-refractivity contribution < 1.29 is 9.90 Å². The largest absolute Gasteiger partial charge is 0.480 e. The number of hydrogen-bond donors (Lipinski definition) is 2. The molecule has 2 N–H and O–H groups in total. The molecule has 0 bridgehead atoms. The van der Waals surface area contributed by atoms with E-state index in [1.165, 1.54) is 0 Å². The average molecular weight is 268 g/mol. The van der Waals surface area contributed by atoms with Crippen LogP contribution in [0.5, 0.6) is 0 Å². The molecule has 0 radical (unpaired) electrons. The van der Waals surface area contributed by atoms with E-state index in [-0.39, 0.29) is 17.4 Å². The number of aliphatic carboxylic acids is 1. The van der Waals surface area contributed by atoms with Crippen LogP contribution in [0.15, 0.2) is 5.11 Å². The summed E-state index contributed by atoms with van der Waals surface area (Å²) >= 11 is 0. The summed E-state index contributed by atoms with van der Waals surface area (Å²) in [5, 5.41) is 16.2. The van der Waals surface area contributed by atoms with E-state index < -0.39 is 11.5 Å². The van der Waals surface area contributed by atoms with Crippen LogP contribution in [-0.4, -0.2) is 29.7 Å². The van der Waals surface area contributed by atoms with E-state index in [1.807, 2.05) is 0 Å². The highest BCUT2D eigenvalue weighted by atomic mass is 16.4. The van der Waals surface area contributed by atoms with Crippen LogP contribution in [0.1, 0.15) is 47.0 Å². The van der Waals surface area contributed by atoms with Gasteiger partial charge in [0.25, 0.3) is 0 Å². The lowest BCUT2D eigenvalue weighted by Gasteiger charge is -2.50. The van der Waals surface area contributed by atoms with Crippen molar-refractivity contribution in [2.45, 2.75) is 52.5 Å². The summed E-state index contributed by atoms with van der Waals surface area (Å²) in [6, 6.07) is 0. The zero-order chi connectivity index (χ0) is 14.7. The Hall–Kier alpha value is -1.26. The van der Waals surface area contributed by atoms with Crippen LogP contribution in [0.3, 0.4) is 0 Å². The average Bonchev–Trinajstić information content (AvgIpc) is 2.19. The van der Waals surface area contributed by atoms with E-state index in [1.54, 1.807) is 0 Å². The van der Waals surface area contributed by atoms with Crippen LogP contribution in [0.4, 0.5) is 0 Å². The molecule has 1 fully saturated rings. The minimum absolute atomic E-state index is 0.0222. The molecule has 19 heavy (non-hydrogen) atoms. The fraction of sp³-hybridized carbons (Fsp3) is 0.923. The minimum Gasteiger partial charge on any atom is -0.480 e. The van der Waals surface area contributed by atoms with E-state index in [0.29, 0.717) is 19.4 Å². The molecule has 1 aliphatic rings. The standard InChI is InChI=1S/C13H24N4O2/c1-11(2)7-12(3,4)9-13(8-11,10(18)19)15-5-6-16-17-14/h15H,5-9H2,1-4H3,(H,18,19). The molecule has 0 unspecified atom stereocenters. The van der Waals surface area contributed by atoms with Crippen LogP contribution < -0.4 is 5.32 Å². The molecule has 1 rings (SSSR count). The molecule has 1 saturated carbocycles. The Bertz CT molecular complexity index is 381. The third-order valence-electron chi connectivity index (χ3n) is 3.67. The van der Waals surface area contributed by atoms with Crippen molar-refractivity contribution in [3.63, 3.8) is 0 Å². The van der Waals surface area contributed by atoms with Gasteiger partial charge in [-0.15, -0.1) is 0 Å². The predicted octanol–water partition coefficient (Wildman–Crippen LogP) is 2.95. The molecule has 0 saturated heterocycles. The number of carboxylic acid groups (broad SMARTS) is 1. The minimum atomic E-state index is -0.920. The topological polar surface area (TPSA) is 98.1 Å². The Morgan fingerprint density at radius 2 is 1.79 bits per heavy atom. The van der Waals surface area contributed by atoms with Gasteiger partial charge in [-0.3, -0.25) is 4.79 Å². The second-order valence-corrected chi connectivity index (χ2v) is 7.13. The maximum atomic E-state index is 11.7. The second kappa shape index (κ2) is 5.39. The molecule has 1 aliphatic carbocycles. The van der Waals surface area contributed by atoms with Gasteiger partial charge in [0.05, 0.1) is 0 Å². The smallest absolute Gasteiger partial charge is 0.323 e. The van der Waals surface area contributed by atoms with Crippen LogP contribution in [0, 0.1) is 10.8 Å². The quantitative estimate of drug-likeness (QED) is 0.347. The number of carbonyl (C=O) groups is 1. The molecule has 0 aromatic rings. The zero-order valence-corrected chi connectivity index (χ0v) is 12.2. The van der Waals surface area contributed by atoms with E-state index in [0.717, 1.165) is 6.42 Å². The molecular weight excluding hydrogens is 244 g/mol. The Kier molecular flexibility index (Phi) is 4.48. The highest BCUT2D eigenvalue weighted by Crippen LogP contribution is 2.50. The Labute approximate surface area is 114 Å². The molecule has 0 heterocycles. The molecule has 108 valence electrons. The summed E-state index contributed by atoms with van der Waals surface area (Å²) in [5.74, 6) is -0.811. The van der Waals surface area contributed by atoms with Gasteiger partial charge in [0, 0.05) is 18.0 Å². The van der Waals surface area contributed by atoms with Crippen LogP contribution in [0.25, 0.3) is 10.4 Å². The number of hydrogen-bond acceptors (Lipinski definition) is 3. The molecule has 0 amide bonds. The monoisotopic (exact) mass is 268 g/mol. The summed E-state index contributed by atoms with van der Waals surface area (Å²) in [6.45, 7) is 9.11. The third-order valence-corrected chi connectivity index (χ3v) is 3.67. The van der Waals surface area contributed by atoms with Crippen molar-refractivity contribution in [1.29, 1.82) is 0 Å². The summed E-state index contributed by atoms with van der Waals surface area (Å²) < 4.78 is 0. The maximum Gasteiger partial charge on any atom is 0.323 e. The number of rotatable bonds is 5. The first-order valence-corrected chi connectivity index (χ1v) is 6.62. The Morgan fingerprint density at radius 1 is 1.26 bits per heavy atom. The van der Waals surface area contributed by atoms with Crippen LogP contribution in [-0.2, 0) is 4.79 Å². The zero-order valence-electron chi connectivity index (χ0n) is 12.2. The van der Waals surface area contributed by atoms with Gasteiger partial charge >= 0.3 is 5.97 Å². The number of azide groups is 1. The number of carboxylic acids is 1. The lowest BCUT2D eigenvalue weighted by atomic mass is 9.58. The van der Waals surface area contributed by atoms with E-state index in [9.17, 15) is 9.90 Å². The van der Waals surface area contributed by atoms with Crippen molar-refractivity contribution in [3.05, 3.63) is 10.4 Å². The molecule has 0 aromatic carbocycles. The highest BCUT2D eigenvalue weighted by Gasteiger charge is 2.51. The Morgan fingerprint density at radius 3 is 2.21 bits per heavy atom. The van der Waals surface area contributed by atoms with Gasteiger partial charge in [-0.1, -0.05) is 32.8 Å². The highest BCUT2D eigenvalue weighted by molar-refractivity contribution is 5.79. The first kappa shape index (κ1) is 15.8. The van der Waals surface area contributed by atoms with E-state index in [2.05, 4.69) is 43.0 Å². The van der Waals surface area contributed by atoms with Crippen LogP contribution in [0.2, 0.25) is 0 Å². The summed E-state index contributed by atoms with van der Waals surface area (Å²) in [5.41, 5.74) is 7.29. The van der Waals surface area contributed by atoms with Gasteiger partial charge in [-0.05, 0) is 35.6 Å². The van der Waals surface area contributed by atoms with Gasteiger partial charge in [-0.25, -0.2) is 0 Å². The van der Waals surface area contributed by atoms with Crippen molar-refractivity contribution in [2.75, 3.05) is 13.1 Å². The predicted molar refractivity (Wildman–Crippen MR) is 73.8 cm³/mol. The van der Waals surface area contributed by atoms with Crippen molar-refractivity contribution in [1.82, 2.24) is 5.32 Å². The fourth-order valence-corrected chi connectivity index (χ4v) is 3.86.